The Bertz CT molecular complexity index is 589. The lowest BCUT2D eigenvalue weighted by molar-refractivity contribution is 0.290. The van der Waals surface area contributed by atoms with Gasteiger partial charge in [0.05, 0.1) is 0 Å². The predicted octanol–water partition coefficient (Wildman–Crippen LogP) is 4.09. The van der Waals surface area contributed by atoms with Crippen LogP contribution < -0.4 is 0 Å². The number of likely N-dealkylation sites (tertiary alicyclic amines) is 1. The Morgan fingerprint density at radius 1 is 0.857 bits per heavy atom. The van der Waals surface area contributed by atoms with Crippen molar-refractivity contribution in [2.24, 2.45) is 11.8 Å². The number of hydrogen-bond acceptors (Lipinski definition) is 1. The van der Waals surface area contributed by atoms with Gasteiger partial charge in [0.25, 0.3) is 0 Å². The van der Waals surface area contributed by atoms with E-state index in [1.165, 1.54) is 24.2 Å². The SMILES string of the molecule is CCc1ccc([C@H]2[C@@H]3CN(Cc4ccccc4)C[C@@H]32)cc1. The van der Waals surface area contributed by atoms with E-state index in [2.05, 4.69) is 66.4 Å². The van der Waals surface area contributed by atoms with Crippen LogP contribution in [0.2, 0.25) is 0 Å². The molecule has 2 aliphatic rings. The van der Waals surface area contributed by atoms with Crippen molar-refractivity contribution in [2.75, 3.05) is 13.1 Å². The minimum atomic E-state index is 0.836. The molecule has 1 aliphatic heterocycles. The summed E-state index contributed by atoms with van der Waals surface area (Å²) in [6.07, 6.45) is 1.14. The molecular formula is C20H23N. The maximum atomic E-state index is 2.63. The van der Waals surface area contributed by atoms with E-state index in [9.17, 15) is 0 Å². The van der Waals surface area contributed by atoms with Crippen LogP contribution in [-0.4, -0.2) is 18.0 Å². The largest absolute Gasteiger partial charge is 0.298 e. The lowest BCUT2D eigenvalue weighted by Gasteiger charge is -2.19. The lowest BCUT2D eigenvalue weighted by atomic mass is 10.0. The smallest absolute Gasteiger partial charge is 0.0233 e. The van der Waals surface area contributed by atoms with Crippen LogP contribution in [-0.2, 0) is 13.0 Å². The van der Waals surface area contributed by atoms with E-state index in [1.54, 1.807) is 5.56 Å². The summed E-state index contributed by atoms with van der Waals surface area (Å²) in [5.41, 5.74) is 4.47. The molecule has 3 atom stereocenters. The third-order valence-corrected chi connectivity index (χ3v) is 5.29. The topological polar surface area (TPSA) is 3.24 Å². The van der Waals surface area contributed by atoms with Crippen LogP contribution in [0.1, 0.15) is 29.5 Å². The molecule has 0 bridgehead atoms. The number of benzene rings is 2. The lowest BCUT2D eigenvalue weighted by Crippen LogP contribution is -2.23. The fourth-order valence-electron chi connectivity index (χ4n) is 4.05. The summed E-state index contributed by atoms with van der Waals surface area (Å²) in [5.74, 6) is 2.64. The molecule has 108 valence electrons. The quantitative estimate of drug-likeness (QED) is 0.813. The van der Waals surface area contributed by atoms with Crippen LogP contribution in [0.15, 0.2) is 54.6 Å². The van der Waals surface area contributed by atoms with Gasteiger partial charge in [0.15, 0.2) is 0 Å². The highest BCUT2D eigenvalue weighted by Gasteiger charge is 2.55. The van der Waals surface area contributed by atoms with Gasteiger partial charge in [-0.05, 0) is 40.9 Å². The number of hydrogen-bond donors (Lipinski definition) is 0. The molecule has 1 nitrogen and oxygen atoms in total. The van der Waals surface area contributed by atoms with Crippen LogP contribution in [0.4, 0.5) is 0 Å². The van der Waals surface area contributed by atoms with Gasteiger partial charge in [0.1, 0.15) is 0 Å². The van der Waals surface area contributed by atoms with E-state index in [4.69, 9.17) is 0 Å². The second-order valence-electron chi connectivity index (χ2n) is 6.63. The van der Waals surface area contributed by atoms with Crippen molar-refractivity contribution in [1.82, 2.24) is 4.90 Å². The Morgan fingerprint density at radius 3 is 2.14 bits per heavy atom. The molecule has 1 heteroatoms. The third-order valence-electron chi connectivity index (χ3n) is 5.29. The first-order valence-corrected chi connectivity index (χ1v) is 8.20. The molecule has 0 spiro atoms. The van der Waals surface area contributed by atoms with Crippen molar-refractivity contribution in [3.63, 3.8) is 0 Å². The first kappa shape index (κ1) is 13.1. The molecule has 1 saturated heterocycles. The minimum absolute atomic E-state index is 0.836. The Hall–Kier alpha value is -1.60. The highest BCUT2D eigenvalue weighted by molar-refractivity contribution is 5.33. The average molecular weight is 277 g/mol. The highest BCUT2D eigenvalue weighted by atomic mass is 15.2. The minimum Gasteiger partial charge on any atom is -0.298 e. The fourth-order valence-corrected chi connectivity index (χ4v) is 4.05. The number of nitrogens with zero attached hydrogens (tertiary/aromatic N) is 1. The Balaban J connectivity index is 1.36. The molecule has 4 rings (SSSR count). The van der Waals surface area contributed by atoms with Gasteiger partial charge in [0.2, 0.25) is 0 Å². The van der Waals surface area contributed by atoms with E-state index in [1.807, 2.05) is 0 Å². The Labute approximate surface area is 127 Å². The van der Waals surface area contributed by atoms with E-state index in [0.29, 0.717) is 0 Å². The molecule has 1 saturated carbocycles. The zero-order valence-electron chi connectivity index (χ0n) is 12.7. The number of aryl methyl sites for hydroxylation is 1. The molecule has 2 fully saturated rings. The molecule has 2 aromatic carbocycles. The molecule has 1 aliphatic carbocycles. The Kier molecular flexibility index (Phi) is 3.31. The van der Waals surface area contributed by atoms with Crippen LogP contribution in [0.25, 0.3) is 0 Å². The van der Waals surface area contributed by atoms with Crippen molar-refractivity contribution < 1.29 is 0 Å². The van der Waals surface area contributed by atoms with Crippen molar-refractivity contribution in [3.8, 4) is 0 Å². The van der Waals surface area contributed by atoms with Gasteiger partial charge in [-0.15, -0.1) is 0 Å². The third kappa shape index (κ3) is 2.51. The van der Waals surface area contributed by atoms with E-state index in [-0.39, 0.29) is 0 Å². The summed E-state index contributed by atoms with van der Waals surface area (Å²) in [6.45, 7) is 5.90. The maximum absolute atomic E-state index is 2.63. The van der Waals surface area contributed by atoms with Crippen LogP contribution >= 0.6 is 0 Å². The summed E-state index contributed by atoms with van der Waals surface area (Å²) in [6, 6.07) is 20.2. The summed E-state index contributed by atoms with van der Waals surface area (Å²) < 4.78 is 0. The van der Waals surface area contributed by atoms with Gasteiger partial charge < -0.3 is 0 Å². The molecule has 21 heavy (non-hydrogen) atoms. The summed E-state index contributed by atoms with van der Waals surface area (Å²) in [4.78, 5) is 2.63. The molecule has 1 heterocycles. The molecule has 2 aromatic rings. The first-order chi connectivity index (χ1) is 10.3. The van der Waals surface area contributed by atoms with Crippen LogP contribution in [0.5, 0.6) is 0 Å². The summed E-state index contributed by atoms with van der Waals surface area (Å²) >= 11 is 0. The Morgan fingerprint density at radius 2 is 1.52 bits per heavy atom. The highest BCUT2D eigenvalue weighted by Crippen LogP contribution is 2.58. The van der Waals surface area contributed by atoms with Crippen molar-refractivity contribution >= 4 is 0 Å². The maximum Gasteiger partial charge on any atom is 0.0233 e. The second-order valence-corrected chi connectivity index (χ2v) is 6.63. The zero-order chi connectivity index (χ0) is 14.2. The van der Waals surface area contributed by atoms with Crippen LogP contribution in [0, 0.1) is 11.8 Å². The van der Waals surface area contributed by atoms with Gasteiger partial charge in [0, 0.05) is 19.6 Å². The van der Waals surface area contributed by atoms with E-state index in [0.717, 1.165) is 30.7 Å². The van der Waals surface area contributed by atoms with E-state index >= 15 is 0 Å². The number of piperidine rings is 1. The monoisotopic (exact) mass is 277 g/mol. The summed E-state index contributed by atoms with van der Waals surface area (Å²) in [7, 11) is 0. The fraction of sp³-hybridized carbons (Fsp3) is 0.400. The zero-order valence-corrected chi connectivity index (χ0v) is 12.7. The number of rotatable bonds is 4. The normalized spacial score (nSPS) is 27.6. The van der Waals surface area contributed by atoms with Gasteiger partial charge >= 0.3 is 0 Å². The standard InChI is InChI=1S/C20H23N/c1-2-15-8-10-17(11-9-15)20-18-13-21(14-19(18)20)12-16-6-4-3-5-7-16/h3-11,18-20H,2,12-14H2,1H3/t18-,19+,20+. The van der Waals surface area contributed by atoms with Gasteiger partial charge in [-0.3, -0.25) is 4.90 Å². The molecule has 0 amide bonds. The van der Waals surface area contributed by atoms with Gasteiger partial charge in [-0.25, -0.2) is 0 Å². The number of fused-ring (bicyclic) bond motifs is 1. The second kappa shape index (κ2) is 5.31. The van der Waals surface area contributed by atoms with E-state index < -0.39 is 0 Å². The van der Waals surface area contributed by atoms with Crippen molar-refractivity contribution in [2.45, 2.75) is 25.8 Å². The molecule has 0 N–H and O–H groups in total. The molecular weight excluding hydrogens is 254 g/mol. The van der Waals surface area contributed by atoms with Gasteiger partial charge in [-0.2, -0.15) is 0 Å². The average Bonchev–Trinajstić information content (AvgIpc) is 3.04. The van der Waals surface area contributed by atoms with Crippen molar-refractivity contribution in [3.05, 3.63) is 71.3 Å². The predicted molar refractivity (Wildman–Crippen MR) is 87.3 cm³/mol. The molecule has 0 radical (unpaired) electrons. The van der Waals surface area contributed by atoms with Crippen molar-refractivity contribution in [1.29, 1.82) is 0 Å². The summed E-state index contributed by atoms with van der Waals surface area (Å²) in [5, 5.41) is 0. The van der Waals surface area contributed by atoms with Gasteiger partial charge in [-0.1, -0.05) is 61.5 Å². The first-order valence-electron chi connectivity index (χ1n) is 8.20. The molecule has 0 aromatic heterocycles. The molecule has 0 unspecified atom stereocenters. The van der Waals surface area contributed by atoms with Crippen LogP contribution in [0.3, 0.4) is 0 Å².